The van der Waals surface area contributed by atoms with E-state index in [9.17, 15) is 14.7 Å². The first kappa shape index (κ1) is 17.9. The van der Waals surface area contributed by atoms with Gasteiger partial charge in [-0.1, -0.05) is 44.0 Å². The van der Waals surface area contributed by atoms with Crippen LogP contribution in [0.2, 0.25) is 0 Å². The van der Waals surface area contributed by atoms with Gasteiger partial charge in [0.25, 0.3) is 0 Å². The van der Waals surface area contributed by atoms with Gasteiger partial charge in [-0.25, -0.2) is 0 Å². The number of aldehydes is 2. The molecule has 0 amide bonds. The highest BCUT2D eigenvalue weighted by Gasteiger charge is 2.09. The van der Waals surface area contributed by atoms with Crippen LogP contribution in [0.25, 0.3) is 0 Å². The van der Waals surface area contributed by atoms with E-state index in [1.54, 1.807) is 12.1 Å². The molecule has 0 unspecified atom stereocenters. The van der Waals surface area contributed by atoms with Crippen molar-refractivity contribution < 1.29 is 14.7 Å². The Hall–Kier alpha value is -2.42. The van der Waals surface area contributed by atoms with Crippen molar-refractivity contribution in [3.63, 3.8) is 0 Å². The second kappa shape index (κ2) is 9.02. The number of hydrogen-bond acceptors (Lipinski definition) is 3. The SMILES string of the molecule is CCCCCc1ccc(CCc2cc(C=O)c(O)c(C=O)c2)cc1. The highest BCUT2D eigenvalue weighted by molar-refractivity contribution is 5.88. The molecular weight excluding hydrogens is 300 g/mol. The summed E-state index contributed by atoms with van der Waals surface area (Å²) in [4.78, 5) is 22.0. The van der Waals surface area contributed by atoms with Crippen LogP contribution < -0.4 is 0 Å². The summed E-state index contributed by atoms with van der Waals surface area (Å²) < 4.78 is 0. The first-order chi connectivity index (χ1) is 11.7. The van der Waals surface area contributed by atoms with E-state index in [0.29, 0.717) is 12.6 Å². The number of phenols is 1. The van der Waals surface area contributed by atoms with Gasteiger partial charge < -0.3 is 5.11 Å². The molecule has 2 rings (SSSR count). The first-order valence-electron chi connectivity index (χ1n) is 8.52. The molecule has 0 saturated heterocycles. The quantitative estimate of drug-likeness (QED) is 0.544. The molecule has 2 aromatic rings. The molecule has 0 atom stereocenters. The Morgan fingerprint density at radius 2 is 1.29 bits per heavy atom. The van der Waals surface area contributed by atoms with Gasteiger partial charge in [-0.2, -0.15) is 0 Å². The third-order valence-electron chi connectivity index (χ3n) is 4.28. The number of phenolic OH excluding ortho intramolecular Hbond substituents is 1. The average Bonchev–Trinajstić information content (AvgIpc) is 2.62. The van der Waals surface area contributed by atoms with Gasteiger partial charge in [-0.15, -0.1) is 0 Å². The molecular formula is C21H24O3. The molecule has 0 bridgehead atoms. The fraction of sp³-hybridized carbons (Fsp3) is 0.333. The van der Waals surface area contributed by atoms with Gasteiger partial charge in [0.2, 0.25) is 0 Å². The summed E-state index contributed by atoms with van der Waals surface area (Å²) in [6.45, 7) is 2.21. The Kier molecular flexibility index (Phi) is 6.74. The van der Waals surface area contributed by atoms with Crippen LogP contribution in [0.1, 0.15) is 63.6 Å². The molecule has 0 fully saturated rings. The fourth-order valence-electron chi connectivity index (χ4n) is 2.81. The van der Waals surface area contributed by atoms with Crippen LogP contribution in [0.4, 0.5) is 0 Å². The topological polar surface area (TPSA) is 54.4 Å². The Bertz CT molecular complexity index is 658. The van der Waals surface area contributed by atoms with E-state index in [-0.39, 0.29) is 16.9 Å². The molecule has 0 radical (unpaired) electrons. The minimum absolute atomic E-state index is 0.167. The van der Waals surface area contributed by atoms with Crippen LogP contribution in [0, 0.1) is 0 Å². The number of aromatic hydroxyl groups is 1. The summed E-state index contributed by atoms with van der Waals surface area (Å²) in [6.07, 6.45) is 7.56. The summed E-state index contributed by atoms with van der Waals surface area (Å²) in [5.74, 6) is -0.236. The fourth-order valence-corrected chi connectivity index (χ4v) is 2.81. The summed E-state index contributed by atoms with van der Waals surface area (Å²) in [5, 5.41) is 9.76. The number of aryl methyl sites for hydroxylation is 3. The van der Waals surface area contributed by atoms with Crippen molar-refractivity contribution in [2.24, 2.45) is 0 Å². The molecule has 0 aliphatic carbocycles. The molecule has 0 heterocycles. The van der Waals surface area contributed by atoms with Gasteiger partial charge >= 0.3 is 0 Å². The van der Waals surface area contributed by atoms with E-state index >= 15 is 0 Å². The molecule has 1 N–H and O–H groups in total. The first-order valence-corrected chi connectivity index (χ1v) is 8.52. The van der Waals surface area contributed by atoms with Crippen LogP contribution in [-0.4, -0.2) is 17.7 Å². The Morgan fingerprint density at radius 3 is 1.79 bits per heavy atom. The maximum absolute atomic E-state index is 11.0. The standard InChI is InChI=1S/C21H24O3/c1-2-3-4-5-16-6-8-17(9-7-16)10-11-18-12-19(14-22)21(24)20(13-18)15-23/h6-9,12-15,24H,2-5,10-11H2,1H3. The predicted octanol–water partition coefficient (Wildman–Crippen LogP) is 4.54. The zero-order valence-corrected chi connectivity index (χ0v) is 14.1. The number of carbonyl (C=O) groups is 2. The van der Waals surface area contributed by atoms with Crippen molar-refractivity contribution in [2.75, 3.05) is 0 Å². The Labute approximate surface area is 143 Å². The van der Waals surface area contributed by atoms with E-state index in [0.717, 1.165) is 24.8 Å². The van der Waals surface area contributed by atoms with Crippen LogP contribution in [0.5, 0.6) is 5.75 Å². The third-order valence-corrected chi connectivity index (χ3v) is 4.28. The highest BCUT2D eigenvalue weighted by atomic mass is 16.3. The van der Waals surface area contributed by atoms with Crippen LogP contribution in [-0.2, 0) is 19.3 Å². The van der Waals surface area contributed by atoms with Crippen molar-refractivity contribution in [3.05, 3.63) is 64.2 Å². The number of unbranched alkanes of at least 4 members (excludes halogenated alkanes) is 2. The van der Waals surface area contributed by atoms with E-state index in [2.05, 4.69) is 31.2 Å². The molecule has 0 saturated carbocycles. The number of benzene rings is 2. The second-order valence-electron chi connectivity index (χ2n) is 6.13. The van der Waals surface area contributed by atoms with Crippen LogP contribution in [0.3, 0.4) is 0 Å². The molecule has 0 spiro atoms. The monoisotopic (exact) mass is 324 g/mol. The Balaban J connectivity index is 2.00. The van der Waals surface area contributed by atoms with E-state index in [1.807, 2.05) is 0 Å². The minimum Gasteiger partial charge on any atom is -0.506 e. The lowest BCUT2D eigenvalue weighted by Gasteiger charge is -2.08. The second-order valence-corrected chi connectivity index (χ2v) is 6.13. The summed E-state index contributed by atoms with van der Waals surface area (Å²) >= 11 is 0. The number of rotatable bonds is 9. The third kappa shape index (κ3) is 4.79. The lowest BCUT2D eigenvalue weighted by Crippen LogP contribution is -1.97. The van der Waals surface area contributed by atoms with Crippen molar-refractivity contribution in [3.8, 4) is 5.75 Å². The molecule has 126 valence electrons. The van der Waals surface area contributed by atoms with Gasteiger partial charge in [0.05, 0.1) is 11.1 Å². The van der Waals surface area contributed by atoms with Crippen LogP contribution in [0.15, 0.2) is 36.4 Å². The lowest BCUT2D eigenvalue weighted by molar-refractivity contribution is 0.112. The van der Waals surface area contributed by atoms with Gasteiger partial charge in [-0.05, 0) is 54.5 Å². The molecule has 3 nitrogen and oxygen atoms in total. The predicted molar refractivity (Wildman–Crippen MR) is 96.0 cm³/mol. The maximum Gasteiger partial charge on any atom is 0.153 e. The minimum atomic E-state index is -0.236. The van der Waals surface area contributed by atoms with Crippen molar-refractivity contribution >= 4 is 12.6 Å². The smallest absolute Gasteiger partial charge is 0.153 e. The van der Waals surface area contributed by atoms with Crippen molar-refractivity contribution in [2.45, 2.75) is 45.4 Å². The van der Waals surface area contributed by atoms with E-state index in [1.165, 1.54) is 30.4 Å². The van der Waals surface area contributed by atoms with Gasteiger partial charge in [0, 0.05) is 0 Å². The molecule has 0 aliphatic heterocycles. The molecule has 24 heavy (non-hydrogen) atoms. The maximum atomic E-state index is 11.0. The van der Waals surface area contributed by atoms with Crippen molar-refractivity contribution in [1.82, 2.24) is 0 Å². The average molecular weight is 324 g/mol. The highest BCUT2D eigenvalue weighted by Crippen LogP contribution is 2.23. The van der Waals surface area contributed by atoms with Gasteiger partial charge in [-0.3, -0.25) is 9.59 Å². The van der Waals surface area contributed by atoms with Crippen molar-refractivity contribution in [1.29, 1.82) is 0 Å². The molecule has 0 aromatic heterocycles. The molecule has 3 heteroatoms. The summed E-state index contributed by atoms with van der Waals surface area (Å²) in [7, 11) is 0. The number of hydrogen-bond donors (Lipinski definition) is 1. The molecule has 0 aliphatic rings. The Morgan fingerprint density at radius 1 is 0.792 bits per heavy atom. The normalized spacial score (nSPS) is 10.5. The number of carbonyl (C=O) groups excluding carboxylic acids is 2. The van der Waals surface area contributed by atoms with Gasteiger partial charge in [0.15, 0.2) is 12.6 Å². The van der Waals surface area contributed by atoms with Gasteiger partial charge in [0.1, 0.15) is 5.75 Å². The largest absolute Gasteiger partial charge is 0.506 e. The zero-order chi connectivity index (χ0) is 17.4. The summed E-state index contributed by atoms with van der Waals surface area (Å²) in [6, 6.07) is 11.9. The molecule has 2 aromatic carbocycles. The van der Waals surface area contributed by atoms with E-state index < -0.39 is 0 Å². The lowest BCUT2D eigenvalue weighted by atomic mass is 9.98. The summed E-state index contributed by atoms with van der Waals surface area (Å²) in [5.41, 5.74) is 3.80. The van der Waals surface area contributed by atoms with E-state index in [4.69, 9.17) is 0 Å². The van der Waals surface area contributed by atoms with Crippen LogP contribution >= 0.6 is 0 Å². The zero-order valence-electron chi connectivity index (χ0n) is 14.1.